The highest BCUT2D eigenvalue weighted by Crippen LogP contribution is 2.40. The van der Waals surface area contributed by atoms with Crippen molar-refractivity contribution >= 4 is 45.9 Å². The minimum atomic E-state index is -0.539. The molecule has 0 unspecified atom stereocenters. The molecule has 0 saturated heterocycles. The monoisotopic (exact) mass is 633 g/mol. The molecule has 0 fully saturated rings. The van der Waals surface area contributed by atoms with Gasteiger partial charge in [0.15, 0.2) is 11.0 Å². The molecule has 12 heteroatoms. The summed E-state index contributed by atoms with van der Waals surface area (Å²) in [4.78, 5) is 40.1. The first-order valence-electron chi connectivity index (χ1n) is 14.5. The number of nitrogens with one attached hydrogen (secondary N) is 2. The lowest BCUT2D eigenvalue weighted by molar-refractivity contribution is -0.115. The van der Waals surface area contributed by atoms with Gasteiger partial charge in [0.05, 0.1) is 31.1 Å². The predicted molar refractivity (Wildman–Crippen MR) is 171 cm³/mol. The topological polar surface area (TPSA) is 124 Å². The molecular formula is C32H35N5O5S2. The van der Waals surface area contributed by atoms with Gasteiger partial charge in [-0.05, 0) is 74.9 Å². The number of carbonyl (C=O) groups excluding carboxylic acids is 3. The van der Waals surface area contributed by atoms with E-state index in [9.17, 15) is 14.4 Å². The van der Waals surface area contributed by atoms with Crippen molar-refractivity contribution in [3.63, 3.8) is 0 Å². The Kier molecular flexibility index (Phi) is 10.3. The molecule has 44 heavy (non-hydrogen) atoms. The first-order chi connectivity index (χ1) is 21.4. The van der Waals surface area contributed by atoms with E-state index in [1.54, 1.807) is 45.2 Å². The van der Waals surface area contributed by atoms with Crippen LogP contribution in [0.25, 0.3) is 0 Å². The second-order valence-electron chi connectivity index (χ2n) is 10.2. The molecule has 4 aromatic rings. The van der Waals surface area contributed by atoms with Crippen molar-refractivity contribution in [2.75, 3.05) is 19.0 Å². The van der Waals surface area contributed by atoms with E-state index in [0.717, 1.165) is 41.7 Å². The van der Waals surface area contributed by atoms with Crippen LogP contribution < -0.4 is 15.4 Å². The zero-order valence-corrected chi connectivity index (χ0v) is 26.6. The highest BCUT2D eigenvalue weighted by atomic mass is 32.2. The molecule has 2 aromatic carbocycles. The number of thioether (sulfide) groups is 1. The first kappa shape index (κ1) is 31.3. The molecular weight excluding hydrogens is 599 g/mol. The van der Waals surface area contributed by atoms with E-state index in [1.165, 1.54) is 23.1 Å². The predicted octanol–water partition coefficient (Wildman–Crippen LogP) is 5.31. The minimum absolute atomic E-state index is 0.164. The van der Waals surface area contributed by atoms with Crippen LogP contribution in [0.2, 0.25) is 0 Å². The van der Waals surface area contributed by atoms with Gasteiger partial charge >= 0.3 is 5.97 Å². The third-order valence-electron chi connectivity index (χ3n) is 7.31. The molecule has 0 radical (unpaired) electrons. The maximum Gasteiger partial charge on any atom is 0.341 e. The Morgan fingerprint density at radius 1 is 1.07 bits per heavy atom. The second kappa shape index (κ2) is 14.5. The molecule has 1 aliphatic rings. The number of thiophene rings is 1. The van der Waals surface area contributed by atoms with E-state index in [2.05, 4.69) is 33.0 Å². The number of anilines is 1. The SMILES string of the molecule is CCOC(=O)c1c(NC(=O)[C@H](C)Sc2nnc(CNC(=O)c3ccc(OC)cc3)n2CCc2ccccc2)sc2c1CCC2. The van der Waals surface area contributed by atoms with Gasteiger partial charge in [-0.25, -0.2) is 4.79 Å². The highest BCUT2D eigenvalue weighted by molar-refractivity contribution is 8.00. The molecule has 2 amide bonds. The number of aryl methyl sites for hydroxylation is 2. The number of ether oxygens (including phenoxy) is 2. The van der Waals surface area contributed by atoms with Crippen molar-refractivity contribution in [2.24, 2.45) is 0 Å². The van der Waals surface area contributed by atoms with E-state index in [1.807, 2.05) is 22.8 Å². The molecule has 1 atom stereocenters. The maximum absolute atomic E-state index is 13.4. The number of fused-ring (bicyclic) bond motifs is 1. The zero-order valence-electron chi connectivity index (χ0n) is 24.9. The lowest BCUT2D eigenvalue weighted by Crippen LogP contribution is -2.26. The van der Waals surface area contributed by atoms with Gasteiger partial charge in [0.1, 0.15) is 10.8 Å². The molecule has 0 spiro atoms. The third-order valence-corrected chi connectivity index (χ3v) is 9.60. The summed E-state index contributed by atoms with van der Waals surface area (Å²) >= 11 is 2.74. The number of esters is 1. The Balaban J connectivity index is 1.30. The fourth-order valence-corrected chi connectivity index (χ4v) is 7.16. The molecule has 1 aliphatic carbocycles. The van der Waals surface area contributed by atoms with Crippen molar-refractivity contribution < 1.29 is 23.9 Å². The number of hydrogen-bond acceptors (Lipinski definition) is 9. The van der Waals surface area contributed by atoms with Crippen molar-refractivity contribution in [1.29, 1.82) is 0 Å². The maximum atomic E-state index is 13.4. The Labute approximate surface area is 264 Å². The van der Waals surface area contributed by atoms with Crippen molar-refractivity contribution in [3.8, 4) is 5.75 Å². The Morgan fingerprint density at radius 3 is 2.57 bits per heavy atom. The van der Waals surface area contributed by atoms with Gasteiger partial charge in [0.2, 0.25) is 5.91 Å². The van der Waals surface area contributed by atoms with Crippen molar-refractivity contribution in [3.05, 3.63) is 87.6 Å². The summed E-state index contributed by atoms with van der Waals surface area (Å²) in [5.41, 5.74) is 3.12. The molecule has 2 heterocycles. The van der Waals surface area contributed by atoms with E-state index in [-0.39, 0.29) is 25.0 Å². The number of hydrogen-bond donors (Lipinski definition) is 2. The standard InChI is InChI=1S/C32H35N5O5S2/c1-4-42-31(40)27-24-11-8-12-25(24)44-30(27)34-28(38)20(2)43-32-36-35-26(37(32)18-17-21-9-6-5-7-10-21)19-33-29(39)22-13-15-23(41-3)16-14-22/h5-7,9-10,13-16,20H,4,8,11-12,17-19H2,1-3H3,(H,33,39)(H,34,38)/t20-/m0/s1. The summed E-state index contributed by atoms with van der Waals surface area (Å²) in [6.07, 6.45) is 3.42. The van der Waals surface area contributed by atoms with Gasteiger partial charge in [-0.15, -0.1) is 21.5 Å². The number of nitrogens with zero attached hydrogens (tertiary/aromatic N) is 3. The highest BCUT2D eigenvalue weighted by Gasteiger charge is 2.30. The van der Waals surface area contributed by atoms with Crippen molar-refractivity contribution in [2.45, 2.75) is 63.0 Å². The number of amides is 2. The van der Waals surface area contributed by atoms with Crippen LogP contribution in [0.1, 0.15) is 62.8 Å². The van der Waals surface area contributed by atoms with E-state index in [0.29, 0.717) is 39.4 Å². The Hall–Kier alpha value is -4.16. The van der Waals surface area contributed by atoms with E-state index < -0.39 is 11.2 Å². The largest absolute Gasteiger partial charge is 0.497 e. The Bertz CT molecular complexity index is 1620. The summed E-state index contributed by atoms with van der Waals surface area (Å²) < 4.78 is 12.4. The summed E-state index contributed by atoms with van der Waals surface area (Å²) in [7, 11) is 1.58. The fraction of sp³-hybridized carbons (Fsp3) is 0.344. The molecule has 10 nitrogen and oxygen atoms in total. The van der Waals surface area contributed by atoms with Gasteiger partial charge in [0.25, 0.3) is 5.91 Å². The molecule has 5 rings (SSSR count). The first-order valence-corrected chi connectivity index (χ1v) is 16.2. The van der Waals surface area contributed by atoms with Crippen LogP contribution in [0.3, 0.4) is 0 Å². The van der Waals surface area contributed by atoms with E-state index in [4.69, 9.17) is 9.47 Å². The molecule has 2 N–H and O–H groups in total. The number of aromatic nitrogens is 3. The molecule has 0 bridgehead atoms. The van der Waals surface area contributed by atoms with Crippen LogP contribution in [0.15, 0.2) is 59.8 Å². The van der Waals surface area contributed by atoms with E-state index >= 15 is 0 Å². The van der Waals surface area contributed by atoms with Gasteiger partial charge in [0, 0.05) is 17.0 Å². The van der Waals surface area contributed by atoms with Gasteiger partial charge in [-0.1, -0.05) is 42.1 Å². The number of methoxy groups -OCH3 is 1. The average molecular weight is 634 g/mol. The molecule has 2 aromatic heterocycles. The average Bonchev–Trinajstić information content (AvgIpc) is 3.74. The fourth-order valence-electron chi connectivity index (χ4n) is 4.99. The lowest BCUT2D eigenvalue weighted by Gasteiger charge is -2.14. The van der Waals surface area contributed by atoms with Crippen LogP contribution in [0.4, 0.5) is 5.00 Å². The van der Waals surface area contributed by atoms with Gasteiger partial charge in [-0.3, -0.25) is 9.59 Å². The quantitative estimate of drug-likeness (QED) is 0.150. The number of benzene rings is 2. The summed E-state index contributed by atoms with van der Waals surface area (Å²) in [6.45, 7) is 4.56. The normalized spacial score (nSPS) is 12.8. The summed E-state index contributed by atoms with van der Waals surface area (Å²) in [6, 6.07) is 16.9. The van der Waals surface area contributed by atoms with Crippen LogP contribution in [0, 0.1) is 0 Å². The van der Waals surface area contributed by atoms with Crippen molar-refractivity contribution in [1.82, 2.24) is 20.1 Å². The minimum Gasteiger partial charge on any atom is -0.497 e. The molecule has 0 aliphatic heterocycles. The van der Waals surface area contributed by atoms with Crippen LogP contribution in [-0.4, -0.2) is 51.5 Å². The smallest absolute Gasteiger partial charge is 0.341 e. The number of rotatable bonds is 13. The second-order valence-corrected chi connectivity index (χ2v) is 12.6. The Morgan fingerprint density at radius 2 is 1.84 bits per heavy atom. The zero-order chi connectivity index (χ0) is 31.1. The molecule has 230 valence electrons. The molecule has 0 saturated carbocycles. The summed E-state index contributed by atoms with van der Waals surface area (Å²) in [5.74, 6) is 0.365. The van der Waals surface area contributed by atoms with Gasteiger partial charge in [-0.2, -0.15) is 0 Å². The number of carbonyl (C=O) groups is 3. The van der Waals surface area contributed by atoms with Gasteiger partial charge < -0.3 is 24.7 Å². The van der Waals surface area contributed by atoms with Crippen LogP contribution >= 0.6 is 23.1 Å². The van der Waals surface area contributed by atoms with Crippen LogP contribution in [0.5, 0.6) is 5.75 Å². The lowest BCUT2D eigenvalue weighted by atomic mass is 10.1. The van der Waals surface area contributed by atoms with Crippen LogP contribution in [-0.2, 0) is 41.9 Å². The third kappa shape index (κ3) is 7.31. The summed E-state index contributed by atoms with van der Waals surface area (Å²) in [5, 5.41) is 15.3.